The number of hydrogen-bond acceptors (Lipinski definition) is 4. The summed E-state index contributed by atoms with van der Waals surface area (Å²) in [6, 6.07) is 0.763. The summed E-state index contributed by atoms with van der Waals surface area (Å²) in [7, 11) is 1.73. The number of rotatable bonds is 6. The van der Waals surface area contributed by atoms with E-state index in [-0.39, 0.29) is 0 Å². The second kappa shape index (κ2) is 4.87. The molecule has 14 heavy (non-hydrogen) atoms. The lowest BCUT2D eigenvalue weighted by Gasteiger charge is -1.97. The van der Waals surface area contributed by atoms with Crippen molar-refractivity contribution in [3.8, 4) is 0 Å². The molecule has 3 nitrogen and oxygen atoms in total. The molecule has 0 atom stereocenters. The van der Waals surface area contributed by atoms with E-state index in [1.165, 1.54) is 23.5 Å². The number of aromatic nitrogens is 1. The smallest absolute Gasteiger partial charge is 0.0951 e. The van der Waals surface area contributed by atoms with Crippen molar-refractivity contribution < 1.29 is 4.74 Å². The molecule has 0 spiro atoms. The van der Waals surface area contributed by atoms with Crippen LogP contribution in [-0.2, 0) is 17.7 Å². The highest BCUT2D eigenvalue weighted by Crippen LogP contribution is 2.19. The monoisotopic (exact) mass is 212 g/mol. The second-order valence-corrected chi connectivity index (χ2v) is 4.57. The molecule has 4 heteroatoms. The fraction of sp³-hybridized carbons (Fsp3) is 0.700. The van der Waals surface area contributed by atoms with Crippen molar-refractivity contribution in [1.29, 1.82) is 0 Å². The highest BCUT2D eigenvalue weighted by atomic mass is 32.1. The lowest BCUT2D eigenvalue weighted by molar-refractivity contribution is 0.202. The number of hydrogen-bond donors (Lipinski definition) is 1. The first-order valence-corrected chi connectivity index (χ1v) is 5.92. The average Bonchev–Trinajstić information content (AvgIpc) is 2.92. The molecule has 0 aromatic carbocycles. The average molecular weight is 212 g/mol. The van der Waals surface area contributed by atoms with Gasteiger partial charge in [-0.2, -0.15) is 0 Å². The maximum Gasteiger partial charge on any atom is 0.0951 e. The van der Waals surface area contributed by atoms with Crippen molar-refractivity contribution in [2.75, 3.05) is 13.7 Å². The Morgan fingerprint density at radius 2 is 2.50 bits per heavy atom. The zero-order valence-electron chi connectivity index (χ0n) is 8.45. The van der Waals surface area contributed by atoms with Gasteiger partial charge in [0.2, 0.25) is 0 Å². The first-order valence-electron chi connectivity index (χ1n) is 5.04. The maximum absolute atomic E-state index is 5.01. The fourth-order valence-electron chi connectivity index (χ4n) is 1.27. The van der Waals surface area contributed by atoms with Crippen LogP contribution in [-0.4, -0.2) is 24.7 Å². The van der Waals surface area contributed by atoms with E-state index in [2.05, 4.69) is 15.7 Å². The summed E-state index contributed by atoms with van der Waals surface area (Å²) in [6.45, 7) is 1.69. The summed E-state index contributed by atoms with van der Waals surface area (Å²) in [5, 5.41) is 6.77. The topological polar surface area (TPSA) is 34.1 Å². The third-order valence-electron chi connectivity index (χ3n) is 2.27. The molecule has 0 aliphatic heterocycles. The number of thiazole rings is 1. The van der Waals surface area contributed by atoms with E-state index in [0.29, 0.717) is 0 Å². The fourth-order valence-corrected chi connectivity index (χ4v) is 2.05. The van der Waals surface area contributed by atoms with E-state index in [1.807, 2.05) is 0 Å². The van der Waals surface area contributed by atoms with Gasteiger partial charge in [0.1, 0.15) is 0 Å². The van der Waals surface area contributed by atoms with Crippen LogP contribution in [0, 0.1) is 0 Å². The molecule has 1 N–H and O–H groups in total. The van der Waals surface area contributed by atoms with E-state index in [1.54, 1.807) is 18.4 Å². The Kier molecular flexibility index (Phi) is 3.50. The molecule has 1 saturated carbocycles. The molecule has 1 heterocycles. The van der Waals surface area contributed by atoms with Gasteiger partial charge >= 0.3 is 0 Å². The molecule has 78 valence electrons. The molecule has 1 aliphatic rings. The highest BCUT2D eigenvalue weighted by Gasteiger charge is 2.20. The van der Waals surface area contributed by atoms with Crippen LogP contribution in [0.25, 0.3) is 0 Å². The maximum atomic E-state index is 5.01. The van der Waals surface area contributed by atoms with Crippen molar-refractivity contribution in [3.05, 3.63) is 16.1 Å². The number of nitrogens with zero attached hydrogens (tertiary/aromatic N) is 1. The molecule has 0 unspecified atom stereocenters. The van der Waals surface area contributed by atoms with Gasteiger partial charge in [0.05, 0.1) is 17.3 Å². The predicted molar refractivity (Wildman–Crippen MR) is 57.6 cm³/mol. The van der Waals surface area contributed by atoms with Crippen LogP contribution in [0.5, 0.6) is 0 Å². The van der Waals surface area contributed by atoms with Gasteiger partial charge in [-0.1, -0.05) is 0 Å². The van der Waals surface area contributed by atoms with Crippen LogP contribution in [0.1, 0.15) is 23.5 Å². The van der Waals surface area contributed by atoms with Crippen molar-refractivity contribution in [2.45, 2.75) is 31.8 Å². The predicted octanol–water partition coefficient (Wildman–Crippen LogP) is 1.58. The van der Waals surface area contributed by atoms with E-state index in [0.717, 1.165) is 25.6 Å². The van der Waals surface area contributed by atoms with Gasteiger partial charge in [-0.05, 0) is 12.8 Å². The Labute approximate surface area is 88.5 Å². The largest absolute Gasteiger partial charge is 0.384 e. The zero-order valence-corrected chi connectivity index (χ0v) is 9.27. The van der Waals surface area contributed by atoms with E-state index in [4.69, 9.17) is 4.74 Å². The minimum atomic E-state index is 0.763. The minimum Gasteiger partial charge on any atom is -0.384 e. The molecule has 0 radical (unpaired) electrons. The molecule has 1 fully saturated rings. The Bertz CT molecular complexity index is 283. The molecule has 0 amide bonds. The van der Waals surface area contributed by atoms with Crippen LogP contribution >= 0.6 is 11.3 Å². The summed E-state index contributed by atoms with van der Waals surface area (Å²) in [6.07, 6.45) is 3.60. The Morgan fingerprint density at radius 3 is 3.21 bits per heavy atom. The van der Waals surface area contributed by atoms with E-state index in [9.17, 15) is 0 Å². The third-order valence-corrected chi connectivity index (χ3v) is 3.23. The summed E-state index contributed by atoms with van der Waals surface area (Å²) in [5.41, 5.74) is 1.17. The molecular weight excluding hydrogens is 196 g/mol. The minimum absolute atomic E-state index is 0.763. The second-order valence-electron chi connectivity index (χ2n) is 3.63. The Hall–Kier alpha value is -0.450. The van der Waals surface area contributed by atoms with Gasteiger partial charge in [-0.15, -0.1) is 11.3 Å². The van der Waals surface area contributed by atoms with Crippen molar-refractivity contribution in [1.82, 2.24) is 10.3 Å². The lowest BCUT2D eigenvalue weighted by Crippen LogP contribution is -2.15. The van der Waals surface area contributed by atoms with Crippen LogP contribution in [0.2, 0.25) is 0 Å². The number of ether oxygens (including phenoxy) is 1. The van der Waals surface area contributed by atoms with Gasteiger partial charge in [0, 0.05) is 31.5 Å². The molecule has 0 saturated heterocycles. The molecule has 1 aromatic heterocycles. The summed E-state index contributed by atoms with van der Waals surface area (Å²) < 4.78 is 5.01. The first kappa shape index (κ1) is 10.1. The molecular formula is C10H16N2OS. The van der Waals surface area contributed by atoms with Crippen LogP contribution in [0.15, 0.2) is 5.38 Å². The lowest BCUT2D eigenvalue weighted by atomic mass is 10.4. The van der Waals surface area contributed by atoms with Gasteiger partial charge in [0.15, 0.2) is 0 Å². The summed E-state index contributed by atoms with van der Waals surface area (Å²) >= 11 is 1.73. The first-order chi connectivity index (χ1) is 6.88. The molecule has 1 aromatic rings. The van der Waals surface area contributed by atoms with Gasteiger partial charge < -0.3 is 10.1 Å². The van der Waals surface area contributed by atoms with Gasteiger partial charge in [0.25, 0.3) is 0 Å². The summed E-state index contributed by atoms with van der Waals surface area (Å²) in [5.74, 6) is 0. The quantitative estimate of drug-likeness (QED) is 0.777. The standard InChI is InChI=1S/C10H16N2OS/c1-13-5-4-10-12-9(7-14-10)6-11-8-2-3-8/h7-8,11H,2-6H2,1H3. The van der Waals surface area contributed by atoms with Gasteiger partial charge in [-0.25, -0.2) is 4.98 Å². The molecule has 2 rings (SSSR count). The van der Waals surface area contributed by atoms with E-state index >= 15 is 0 Å². The molecule has 1 aliphatic carbocycles. The van der Waals surface area contributed by atoms with Crippen molar-refractivity contribution in [3.63, 3.8) is 0 Å². The zero-order chi connectivity index (χ0) is 9.80. The molecule has 0 bridgehead atoms. The highest BCUT2D eigenvalue weighted by molar-refractivity contribution is 7.09. The Balaban J connectivity index is 1.76. The van der Waals surface area contributed by atoms with Crippen LogP contribution in [0.3, 0.4) is 0 Å². The normalized spacial score (nSPS) is 16.1. The van der Waals surface area contributed by atoms with E-state index < -0.39 is 0 Å². The number of nitrogens with one attached hydrogen (secondary N) is 1. The number of methoxy groups -OCH3 is 1. The van der Waals surface area contributed by atoms with Crippen molar-refractivity contribution in [2.24, 2.45) is 0 Å². The summed E-state index contributed by atoms with van der Waals surface area (Å²) in [4.78, 5) is 4.52. The third kappa shape index (κ3) is 3.04. The van der Waals surface area contributed by atoms with Gasteiger partial charge in [-0.3, -0.25) is 0 Å². The SMILES string of the molecule is COCCc1nc(CNC2CC2)cs1. The van der Waals surface area contributed by atoms with Crippen molar-refractivity contribution >= 4 is 11.3 Å². The van der Waals surface area contributed by atoms with Crippen LogP contribution < -0.4 is 5.32 Å². The Morgan fingerprint density at radius 1 is 1.64 bits per heavy atom. The van der Waals surface area contributed by atoms with Crippen LogP contribution in [0.4, 0.5) is 0 Å².